The monoisotopic (exact) mass is 608 g/mol. The quantitative estimate of drug-likeness (QED) is 0.181. The predicted octanol–water partition coefficient (Wildman–Crippen LogP) is 10.4. The smallest absolute Gasteiger partial charge is 0.140 e. The molecule has 6 heteroatoms. The number of hydrogen-bond acceptors (Lipinski definition) is 3. The van der Waals surface area contributed by atoms with Gasteiger partial charge in [-0.25, -0.2) is 14.1 Å². The summed E-state index contributed by atoms with van der Waals surface area (Å²) in [7, 11) is 0. The van der Waals surface area contributed by atoms with Crippen molar-refractivity contribution in [3.63, 3.8) is 0 Å². The summed E-state index contributed by atoms with van der Waals surface area (Å²) in [6.07, 6.45) is 3.16. The van der Waals surface area contributed by atoms with Crippen LogP contribution >= 0.6 is 0 Å². The third-order valence-electron chi connectivity index (χ3n) is 8.64. The molecule has 0 fully saturated rings. The van der Waals surface area contributed by atoms with E-state index in [-0.39, 0.29) is 11.2 Å². The van der Waals surface area contributed by atoms with Crippen LogP contribution in [-0.4, -0.2) is 19.3 Å². The van der Waals surface area contributed by atoms with E-state index in [9.17, 15) is 4.39 Å². The summed E-state index contributed by atoms with van der Waals surface area (Å²) < 4.78 is 24.8. The Morgan fingerprint density at radius 1 is 0.739 bits per heavy atom. The molecule has 0 amide bonds. The molecule has 7 rings (SSSR count). The maximum Gasteiger partial charge on any atom is 0.140 e. The minimum atomic E-state index is -0.332. The summed E-state index contributed by atoms with van der Waals surface area (Å²) in [5, 5.41) is 7.21. The standard InChI is InChI=1S/C40H37FN4O/c1-6-34-39(26-15-17-27(18-16-26)40(3,4)5)35(7-2)45(43-34)29-11-10-12-30(24-29)46-31-19-20-33-32-13-8-9-14-36(32)44(37(33)25-31)38-23-28(41)21-22-42-38/h8-25H,6-7H2,1-5H3. The fraction of sp³-hybridized carbons (Fsp3) is 0.200. The van der Waals surface area contributed by atoms with Crippen molar-refractivity contribution in [1.82, 2.24) is 19.3 Å². The Kier molecular flexibility index (Phi) is 7.44. The van der Waals surface area contributed by atoms with E-state index < -0.39 is 0 Å². The van der Waals surface area contributed by atoms with Gasteiger partial charge in [0.05, 0.1) is 28.1 Å². The number of nitrogens with zero attached hydrogens (tertiary/aromatic N) is 4. The lowest BCUT2D eigenvalue weighted by atomic mass is 9.86. The molecule has 0 spiro atoms. The second-order valence-corrected chi connectivity index (χ2v) is 12.7. The number of benzene rings is 4. The molecular weight excluding hydrogens is 571 g/mol. The Bertz CT molecular complexity index is 2200. The number of rotatable bonds is 7. The lowest BCUT2D eigenvalue weighted by Gasteiger charge is -2.19. The number of hydrogen-bond donors (Lipinski definition) is 0. The maximum atomic E-state index is 14.3. The third kappa shape index (κ3) is 5.24. The fourth-order valence-corrected chi connectivity index (χ4v) is 6.35. The molecule has 0 atom stereocenters. The number of para-hydroxylation sites is 1. The van der Waals surface area contributed by atoms with Gasteiger partial charge in [-0.1, -0.05) is 83.1 Å². The topological polar surface area (TPSA) is 44.9 Å². The van der Waals surface area contributed by atoms with E-state index in [2.05, 4.69) is 86.7 Å². The van der Waals surface area contributed by atoms with Gasteiger partial charge in [0.1, 0.15) is 23.1 Å². The van der Waals surface area contributed by atoms with Gasteiger partial charge in [0.15, 0.2) is 0 Å². The molecule has 0 aliphatic rings. The van der Waals surface area contributed by atoms with Gasteiger partial charge in [0.25, 0.3) is 0 Å². The van der Waals surface area contributed by atoms with Crippen molar-refractivity contribution in [2.75, 3.05) is 0 Å². The highest BCUT2D eigenvalue weighted by atomic mass is 19.1. The summed E-state index contributed by atoms with van der Waals surface area (Å²) >= 11 is 0. The van der Waals surface area contributed by atoms with Gasteiger partial charge in [-0.3, -0.25) is 4.57 Å². The molecule has 4 aromatic carbocycles. The maximum absolute atomic E-state index is 14.3. The number of pyridine rings is 1. The Labute approximate surface area is 268 Å². The van der Waals surface area contributed by atoms with Crippen LogP contribution in [0.3, 0.4) is 0 Å². The van der Waals surface area contributed by atoms with Crippen LogP contribution in [0.2, 0.25) is 0 Å². The van der Waals surface area contributed by atoms with E-state index >= 15 is 0 Å². The van der Waals surface area contributed by atoms with E-state index in [1.165, 1.54) is 40.7 Å². The van der Waals surface area contributed by atoms with Crippen molar-refractivity contribution >= 4 is 21.8 Å². The summed E-state index contributed by atoms with van der Waals surface area (Å²) in [4.78, 5) is 4.48. The molecule has 3 heterocycles. The van der Waals surface area contributed by atoms with Gasteiger partial charge >= 0.3 is 0 Å². The van der Waals surface area contributed by atoms with Gasteiger partial charge in [-0.15, -0.1) is 0 Å². The second-order valence-electron chi connectivity index (χ2n) is 12.7. The Balaban J connectivity index is 1.27. The number of halogens is 1. The van der Waals surface area contributed by atoms with E-state index in [4.69, 9.17) is 9.84 Å². The minimum Gasteiger partial charge on any atom is -0.457 e. The van der Waals surface area contributed by atoms with E-state index in [0.717, 1.165) is 46.0 Å². The summed E-state index contributed by atoms with van der Waals surface area (Å²) in [6, 6.07) is 33.9. The molecule has 230 valence electrons. The zero-order chi connectivity index (χ0) is 32.0. The SMILES string of the molecule is CCc1nn(-c2cccc(Oc3ccc4c5ccccc5n(-c5cc(F)ccn5)c4c3)c2)c(CC)c1-c1ccc(C(C)(C)C)cc1. The molecule has 0 saturated heterocycles. The van der Waals surface area contributed by atoms with Crippen molar-refractivity contribution in [1.29, 1.82) is 0 Å². The zero-order valence-corrected chi connectivity index (χ0v) is 26.9. The first-order chi connectivity index (χ1) is 22.2. The number of aryl methyl sites for hydroxylation is 1. The average molecular weight is 609 g/mol. The van der Waals surface area contributed by atoms with Gasteiger partial charge in [0, 0.05) is 40.7 Å². The van der Waals surface area contributed by atoms with Gasteiger partial charge < -0.3 is 4.74 Å². The largest absolute Gasteiger partial charge is 0.457 e. The van der Waals surface area contributed by atoms with E-state index in [1.54, 1.807) is 0 Å². The second kappa shape index (κ2) is 11.6. The average Bonchev–Trinajstić information content (AvgIpc) is 3.60. The first-order valence-corrected chi connectivity index (χ1v) is 15.9. The molecule has 3 aromatic heterocycles. The van der Waals surface area contributed by atoms with Crippen LogP contribution in [0.4, 0.5) is 4.39 Å². The van der Waals surface area contributed by atoms with Crippen molar-refractivity contribution in [3.05, 3.63) is 132 Å². The number of fused-ring (bicyclic) bond motifs is 3. The minimum absolute atomic E-state index is 0.0990. The summed E-state index contributed by atoms with van der Waals surface area (Å²) in [5.74, 6) is 1.57. The number of aromatic nitrogens is 4. The van der Waals surface area contributed by atoms with Crippen LogP contribution in [0, 0.1) is 5.82 Å². The highest BCUT2D eigenvalue weighted by molar-refractivity contribution is 6.09. The molecule has 46 heavy (non-hydrogen) atoms. The molecule has 7 aromatic rings. The van der Waals surface area contributed by atoms with Crippen molar-refractivity contribution in [3.8, 4) is 34.1 Å². The molecule has 0 bridgehead atoms. The van der Waals surface area contributed by atoms with E-state index in [0.29, 0.717) is 17.3 Å². The Hall–Kier alpha value is -5.23. The van der Waals surface area contributed by atoms with Gasteiger partial charge in [-0.05, 0) is 65.8 Å². The van der Waals surface area contributed by atoms with Gasteiger partial charge in [-0.2, -0.15) is 5.10 Å². The molecule has 0 aliphatic carbocycles. The van der Waals surface area contributed by atoms with Crippen LogP contribution in [0.15, 0.2) is 109 Å². The first-order valence-electron chi connectivity index (χ1n) is 15.9. The van der Waals surface area contributed by atoms with Crippen LogP contribution in [0.5, 0.6) is 11.5 Å². The highest BCUT2D eigenvalue weighted by Gasteiger charge is 2.20. The fourth-order valence-electron chi connectivity index (χ4n) is 6.35. The molecule has 0 N–H and O–H groups in total. The predicted molar refractivity (Wildman–Crippen MR) is 185 cm³/mol. The van der Waals surface area contributed by atoms with Crippen LogP contribution in [0.1, 0.15) is 51.6 Å². The molecule has 0 aliphatic heterocycles. The Morgan fingerprint density at radius 2 is 1.50 bits per heavy atom. The molecule has 0 unspecified atom stereocenters. The molecule has 0 radical (unpaired) electrons. The number of ether oxygens (including phenoxy) is 1. The molecule has 0 saturated carbocycles. The van der Waals surface area contributed by atoms with Crippen molar-refractivity contribution in [2.24, 2.45) is 0 Å². The van der Waals surface area contributed by atoms with Crippen molar-refractivity contribution < 1.29 is 9.13 Å². The summed E-state index contributed by atoms with van der Waals surface area (Å²) in [6.45, 7) is 11.1. The normalized spacial score (nSPS) is 11.9. The van der Waals surface area contributed by atoms with Gasteiger partial charge in [0.2, 0.25) is 0 Å². The van der Waals surface area contributed by atoms with E-state index in [1.807, 2.05) is 53.1 Å². The van der Waals surface area contributed by atoms with Crippen molar-refractivity contribution in [2.45, 2.75) is 52.9 Å². The Morgan fingerprint density at radius 3 is 2.24 bits per heavy atom. The molecule has 5 nitrogen and oxygen atoms in total. The third-order valence-corrected chi connectivity index (χ3v) is 8.64. The summed E-state index contributed by atoms with van der Waals surface area (Å²) in [5.41, 5.74) is 8.86. The first kappa shape index (κ1) is 29.5. The molecular formula is C40H37FN4O. The highest BCUT2D eigenvalue weighted by Crippen LogP contribution is 2.36. The van der Waals surface area contributed by atoms with Crippen LogP contribution < -0.4 is 4.74 Å². The van der Waals surface area contributed by atoms with Crippen LogP contribution in [0.25, 0.3) is 44.4 Å². The lowest BCUT2D eigenvalue weighted by Crippen LogP contribution is -2.10. The van der Waals surface area contributed by atoms with Crippen LogP contribution in [-0.2, 0) is 18.3 Å². The lowest BCUT2D eigenvalue weighted by molar-refractivity contribution is 0.482. The zero-order valence-electron chi connectivity index (χ0n) is 26.9.